The van der Waals surface area contributed by atoms with E-state index in [1.54, 1.807) is 0 Å². The van der Waals surface area contributed by atoms with Crippen LogP contribution in [0.15, 0.2) is 18.2 Å². The standard InChI is InChI=1S/C14H18ClN3/c1-9(6-7-16)14-17-12-8-10(15)2-5-13(12)18(14)11-3-4-11/h2,5,8-9,11H,3-4,6-7,16H2,1H3. The van der Waals surface area contributed by atoms with Crippen molar-refractivity contribution in [3.05, 3.63) is 29.0 Å². The molecule has 18 heavy (non-hydrogen) atoms. The summed E-state index contributed by atoms with van der Waals surface area (Å²) in [5, 5.41) is 0.751. The van der Waals surface area contributed by atoms with Crippen LogP contribution in [0.5, 0.6) is 0 Å². The van der Waals surface area contributed by atoms with E-state index in [2.05, 4.69) is 17.6 Å². The van der Waals surface area contributed by atoms with E-state index in [0.29, 0.717) is 18.5 Å². The molecule has 0 amide bonds. The van der Waals surface area contributed by atoms with Crippen LogP contribution in [0.4, 0.5) is 0 Å². The smallest absolute Gasteiger partial charge is 0.113 e. The normalized spacial score (nSPS) is 17.3. The molecule has 0 saturated heterocycles. The van der Waals surface area contributed by atoms with Gasteiger partial charge >= 0.3 is 0 Å². The number of hydrogen-bond donors (Lipinski definition) is 1. The van der Waals surface area contributed by atoms with E-state index in [-0.39, 0.29) is 0 Å². The Morgan fingerprint density at radius 2 is 2.28 bits per heavy atom. The molecule has 0 spiro atoms. The Bertz CT molecular complexity index is 572. The fraction of sp³-hybridized carbons (Fsp3) is 0.500. The average Bonchev–Trinajstić information content (AvgIpc) is 3.10. The van der Waals surface area contributed by atoms with E-state index in [0.717, 1.165) is 17.0 Å². The number of fused-ring (bicyclic) bond motifs is 1. The van der Waals surface area contributed by atoms with Crippen LogP contribution in [-0.2, 0) is 0 Å². The van der Waals surface area contributed by atoms with Gasteiger partial charge in [-0.05, 0) is 44.0 Å². The van der Waals surface area contributed by atoms with E-state index < -0.39 is 0 Å². The lowest BCUT2D eigenvalue weighted by molar-refractivity contribution is 0.593. The molecule has 2 aromatic rings. The van der Waals surface area contributed by atoms with Crippen LogP contribution in [0.3, 0.4) is 0 Å². The zero-order valence-corrected chi connectivity index (χ0v) is 11.3. The van der Waals surface area contributed by atoms with Gasteiger partial charge in [-0.3, -0.25) is 0 Å². The lowest BCUT2D eigenvalue weighted by Gasteiger charge is -2.13. The molecule has 1 atom stereocenters. The van der Waals surface area contributed by atoms with E-state index in [4.69, 9.17) is 22.3 Å². The number of hydrogen-bond acceptors (Lipinski definition) is 2. The molecule has 1 unspecified atom stereocenters. The topological polar surface area (TPSA) is 43.8 Å². The molecule has 0 aliphatic heterocycles. The molecule has 2 N–H and O–H groups in total. The van der Waals surface area contributed by atoms with Crippen LogP contribution in [0, 0.1) is 0 Å². The van der Waals surface area contributed by atoms with Crippen LogP contribution >= 0.6 is 11.6 Å². The quantitative estimate of drug-likeness (QED) is 0.918. The average molecular weight is 264 g/mol. The second-order valence-electron chi connectivity index (χ2n) is 5.18. The summed E-state index contributed by atoms with van der Waals surface area (Å²) in [5.74, 6) is 1.57. The Labute approximate surface area is 112 Å². The molecule has 1 heterocycles. The van der Waals surface area contributed by atoms with Crippen molar-refractivity contribution < 1.29 is 0 Å². The van der Waals surface area contributed by atoms with Crippen molar-refractivity contribution >= 4 is 22.6 Å². The van der Waals surface area contributed by atoms with Gasteiger partial charge in [0.1, 0.15) is 5.82 Å². The number of benzene rings is 1. The van der Waals surface area contributed by atoms with Gasteiger partial charge in [0.2, 0.25) is 0 Å². The number of imidazole rings is 1. The number of aromatic nitrogens is 2. The summed E-state index contributed by atoms with van der Waals surface area (Å²) in [4.78, 5) is 4.78. The fourth-order valence-corrected chi connectivity index (χ4v) is 2.70. The number of nitrogens with two attached hydrogens (primary N) is 1. The molecule has 4 heteroatoms. The van der Waals surface area contributed by atoms with Crippen molar-refractivity contribution in [2.45, 2.75) is 38.1 Å². The van der Waals surface area contributed by atoms with Gasteiger partial charge in [0, 0.05) is 17.0 Å². The van der Waals surface area contributed by atoms with Crippen molar-refractivity contribution in [2.24, 2.45) is 5.73 Å². The summed E-state index contributed by atoms with van der Waals surface area (Å²) < 4.78 is 2.39. The third kappa shape index (κ3) is 2.02. The summed E-state index contributed by atoms with van der Waals surface area (Å²) in [6.45, 7) is 2.91. The maximum absolute atomic E-state index is 6.05. The van der Waals surface area contributed by atoms with E-state index in [9.17, 15) is 0 Å². The molecular weight excluding hydrogens is 246 g/mol. The van der Waals surface area contributed by atoms with Crippen molar-refractivity contribution in [1.82, 2.24) is 9.55 Å². The van der Waals surface area contributed by atoms with Gasteiger partial charge in [0.25, 0.3) is 0 Å². The second kappa shape index (κ2) is 4.56. The molecule has 0 radical (unpaired) electrons. The van der Waals surface area contributed by atoms with Crippen LogP contribution in [-0.4, -0.2) is 16.1 Å². The molecule has 0 bridgehead atoms. The molecule has 3 rings (SSSR count). The van der Waals surface area contributed by atoms with Crippen LogP contribution < -0.4 is 5.73 Å². The third-order valence-corrected chi connectivity index (χ3v) is 3.87. The highest BCUT2D eigenvalue weighted by Crippen LogP contribution is 2.40. The van der Waals surface area contributed by atoms with Crippen LogP contribution in [0.1, 0.15) is 44.0 Å². The Morgan fingerprint density at radius 1 is 1.50 bits per heavy atom. The summed E-state index contributed by atoms with van der Waals surface area (Å²) in [6.07, 6.45) is 3.50. The van der Waals surface area contributed by atoms with Gasteiger partial charge < -0.3 is 10.3 Å². The Morgan fingerprint density at radius 3 is 2.94 bits per heavy atom. The van der Waals surface area contributed by atoms with Crippen molar-refractivity contribution in [2.75, 3.05) is 6.54 Å². The summed E-state index contributed by atoms with van der Waals surface area (Å²) in [7, 11) is 0. The predicted octanol–water partition coefficient (Wildman–Crippen LogP) is 3.48. The molecular formula is C14H18ClN3. The fourth-order valence-electron chi connectivity index (χ4n) is 2.53. The highest BCUT2D eigenvalue weighted by molar-refractivity contribution is 6.31. The molecule has 1 aliphatic carbocycles. The van der Waals surface area contributed by atoms with Gasteiger partial charge in [-0.2, -0.15) is 0 Å². The lowest BCUT2D eigenvalue weighted by atomic mass is 10.1. The summed E-state index contributed by atoms with van der Waals surface area (Å²) in [5.41, 5.74) is 7.89. The summed E-state index contributed by atoms with van der Waals surface area (Å²) in [6, 6.07) is 6.61. The van der Waals surface area contributed by atoms with Crippen molar-refractivity contribution in [3.63, 3.8) is 0 Å². The van der Waals surface area contributed by atoms with E-state index in [1.165, 1.54) is 24.2 Å². The summed E-state index contributed by atoms with van der Waals surface area (Å²) >= 11 is 6.05. The number of nitrogens with zero attached hydrogens (tertiary/aromatic N) is 2. The van der Waals surface area contributed by atoms with E-state index in [1.807, 2.05) is 12.1 Å². The minimum absolute atomic E-state index is 0.404. The Hall–Kier alpha value is -1.06. The Balaban J connectivity index is 2.14. The minimum atomic E-state index is 0.404. The predicted molar refractivity (Wildman–Crippen MR) is 75.1 cm³/mol. The monoisotopic (exact) mass is 263 g/mol. The van der Waals surface area contributed by atoms with Gasteiger partial charge in [-0.25, -0.2) is 4.98 Å². The van der Waals surface area contributed by atoms with Gasteiger partial charge in [-0.15, -0.1) is 0 Å². The molecule has 3 nitrogen and oxygen atoms in total. The van der Waals surface area contributed by atoms with Gasteiger partial charge in [-0.1, -0.05) is 18.5 Å². The zero-order valence-electron chi connectivity index (χ0n) is 10.6. The number of rotatable bonds is 4. The first-order valence-corrected chi connectivity index (χ1v) is 6.96. The SMILES string of the molecule is CC(CCN)c1nc2cc(Cl)ccc2n1C1CC1. The largest absolute Gasteiger partial charge is 0.330 e. The molecule has 96 valence electrons. The van der Waals surface area contributed by atoms with Crippen LogP contribution in [0.25, 0.3) is 11.0 Å². The lowest BCUT2D eigenvalue weighted by Crippen LogP contribution is -2.10. The molecule has 1 aliphatic rings. The minimum Gasteiger partial charge on any atom is -0.330 e. The molecule has 1 aromatic heterocycles. The third-order valence-electron chi connectivity index (χ3n) is 3.63. The van der Waals surface area contributed by atoms with Gasteiger partial charge in [0.05, 0.1) is 11.0 Å². The highest BCUT2D eigenvalue weighted by Gasteiger charge is 2.29. The van der Waals surface area contributed by atoms with E-state index >= 15 is 0 Å². The zero-order chi connectivity index (χ0) is 12.7. The molecule has 1 saturated carbocycles. The Kier molecular flexibility index (Phi) is 3.04. The maximum atomic E-state index is 6.05. The van der Waals surface area contributed by atoms with Crippen molar-refractivity contribution in [1.29, 1.82) is 0 Å². The molecule has 1 fully saturated rings. The van der Waals surface area contributed by atoms with Crippen LogP contribution in [0.2, 0.25) is 5.02 Å². The highest BCUT2D eigenvalue weighted by atomic mass is 35.5. The first kappa shape index (κ1) is 12.0. The molecule has 1 aromatic carbocycles. The van der Waals surface area contributed by atoms with Gasteiger partial charge in [0.15, 0.2) is 0 Å². The first-order chi connectivity index (χ1) is 8.70. The van der Waals surface area contributed by atoms with Crippen molar-refractivity contribution in [3.8, 4) is 0 Å². The first-order valence-electron chi connectivity index (χ1n) is 6.58. The number of halogens is 1. The second-order valence-corrected chi connectivity index (χ2v) is 5.62. The maximum Gasteiger partial charge on any atom is 0.113 e.